The molecule has 2 aromatic rings. The molecule has 0 aliphatic carbocycles. The third-order valence-corrected chi connectivity index (χ3v) is 5.36. The standard InChI is InChI=1S/C21H23N3O3/c1-14-10-11-15-6-2-3-7-16(15)23(14)13-20(25)24-12-19(21(22)26)27-18-9-5-4-8-17(18)24/h2-9,14,19H,10-13H2,1H3,(H2,22,26)/t14-,19+/m0/s1. The van der Waals surface area contributed by atoms with Crippen LogP contribution in [0.3, 0.4) is 0 Å². The predicted molar refractivity (Wildman–Crippen MR) is 104 cm³/mol. The molecule has 0 aromatic heterocycles. The second kappa shape index (κ2) is 6.95. The molecule has 0 saturated carbocycles. The number of hydrogen-bond donors (Lipinski definition) is 1. The summed E-state index contributed by atoms with van der Waals surface area (Å²) in [6, 6.07) is 15.7. The minimum atomic E-state index is -0.838. The Bertz CT molecular complexity index is 882. The van der Waals surface area contributed by atoms with Crippen molar-refractivity contribution in [2.45, 2.75) is 31.9 Å². The van der Waals surface area contributed by atoms with Crippen LogP contribution in [0.15, 0.2) is 48.5 Å². The van der Waals surface area contributed by atoms with Crippen LogP contribution >= 0.6 is 0 Å². The van der Waals surface area contributed by atoms with Crippen molar-refractivity contribution < 1.29 is 14.3 Å². The number of primary amides is 1. The summed E-state index contributed by atoms with van der Waals surface area (Å²) in [4.78, 5) is 28.7. The molecule has 0 spiro atoms. The van der Waals surface area contributed by atoms with Crippen LogP contribution in [0.25, 0.3) is 0 Å². The molecule has 2 N–H and O–H groups in total. The molecule has 0 fully saturated rings. The van der Waals surface area contributed by atoms with E-state index in [1.165, 1.54) is 5.56 Å². The normalized spacial score (nSPS) is 21.1. The number of carbonyl (C=O) groups excluding carboxylic acids is 2. The summed E-state index contributed by atoms with van der Waals surface area (Å²) < 4.78 is 5.66. The fraction of sp³-hybridized carbons (Fsp3) is 0.333. The zero-order chi connectivity index (χ0) is 19.0. The Morgan fingerprint density at radius 2 is 1.81 bits per heavy atom. The highest BCUT2D eigenvalue weighted by Crippen LogP contribution is 2.34. The van der Waals surface area contributed by atoms with Crippen molar-refractivity contribution in [3.05, 3.63) is 54.1 Å². The number of anilines is 2. The van der Waals surface area contributed by atoms with E-state index in [4.69, 9.17) is 10.5 Å². The average molecular weight is 365 g/mol. The molecule has 0 saturated heterocycles. The molecule has 2 heterocycles. The van der Waals surface area contributed by atoms with Gasteiger partial charge in [0.15, 0.2) is 6.10 Å². The summed E-state index contributed by atoms with van der Waals surface area (Å²) in [6.07, 6.45) is 1.19. The Labute approximate surface area is 158 Å². The van der Waals surface area contributed by atoms with Gasteiger partial charge in [-0.15, -0.1) is 0 Å². The molecule has 6 nitrogen and oxygen atoms in total. The number of nitrogens with zero attached hydrogens (tertiary/aromatic N) is 2. The summed E-state index contributed by atoms with van der Waals surface area (Å²) >= 11 is 0. The number of aryl methyl sites for hydroxylation is 1. The van der Waals surface area contributed by atoms with Crippen LogP contribution in [-0.4, -0.2) is 37.0 Å². The number of para-hydroxylation sites is 3. The quantitative estimate of drug-likeness (QED) is 0.904. The Hall–Kier alpha value is -3.02. The first-order valence-electron chi connectivity index (χ1n) is 9.24. The molecule has 27 heavy (non-hydrogen) atoms. The Kier molecular flexibility index (Phi) is 4.48. The second-order valence-corrected chi connectivity index (χ2v) is 7.13. The molecule has 2 aliphatic heterocycles. The average Bonchev–Trinajstić information content (AvgIpc) is 2.69. The van der Waals surface area contributed by atoms with Gasteiger partial charge in [-0.25, -0.2) is 0 Å². The molecule has 0 radical (unpaired) electrons. The molecule has 2 atom stereocenters. The zero-order valence-electron chi connectivity index (χ0n) is 15.3. The number of ether oxygens (including phenoxy) is 1. The Morgan fingerprint density at radius 1 is 1.11 bits per heavy atom. The third kappa shape index (κ3) is 3.23. The van der Waals surface area contributed by atoms with Crippen LogP contribution in [0.5, 0.6) is 5.75 Å². The molecule has 0 unspecified atom stereocenters. The van der Waals surface area contributed by atoms with E-state index in [2.05, 4.69) is 24.0 Å². The van der Waals surface area contributed by atoms with Crippen molar-refractivity contribution in [1.29, 1.82) is 0 Å². The van der Waals surface area contributed by atoms with Gasteiger partial charge < -0.3 is 20.3 Å². The van der Waals surface area contributed by atoms with E-state index in [9.17, 15) is 9.59 Å². The largest absolute Gasteiger partial charge is 0.477 e. The van der Waals surface area contributed by atoms with Crippen LogP contribution in [0.2, 0.25) is 0 Å². The van der Waals surface area contributed by atoms with Crippen LogP contribution in [0, 0.1) is 0 Å². The summed E-state index contributed by atoms with van der Waals surface area (Å²) in [6.45, 7) is 2.52. The lowest BCUT2D eigenvalue weighted by Gasteiger charge is -2.39. The molecule has 140 valence electrons. The van der Waals surface area contributed by atoms with Crippen LogP contribution in [0.1, 0.15) is 18.9 Å². The van der Waals surface area contributed by atoms with E-state index in [-0.39, 0.29) is 25.0 Å². The van der Waals surface area contributed by atoms with Gasteiger partial charge >= 0.3 is 0 Å². The minimum absolute atomic E-state index is 0.0689. The third-order valence-electron chi connectivity index (χ3n) is 5.36. The molecule has 4 rings (SSSR count). The van der Waals surface area contributed by atoms with Crippen LogP contribution in [0.4, 0.5) is 11.4 Å². The predicted octanol–water partition coefficient (Wildman–Crippen LogP) is 2.11. The van der Waals surface area contributed by atoms with Crippen molar-refractivity contribution >= 4 is 23.2 Å². The molecule has 2 amide bonds. The molecule has 2 aromatic carbocycles. The first-order valence-corrected chi connectivity index (χ1v) is 9.24. The summed E-state index contributed by atoms with van der Waals surface area (Å²) in [5.41, 5.74) is 8.50. The number of carbonyl (C=O) groups is 2. The minimum Gasteiger partial charge on any atom is -0.477 e. The molecular formula is C21H23N3O3. The fourth-order valence-corrected chi connectivity index (χ4v) is 3.85. The Morgan fingerprint density at radius 3 is 2.59 bits per heavy atom. The van der Waals surface area contributed by atoms with Crippen molar-refractivity contribution in [1.82, 2.24) is 0 Å². The van der Waals surface area contributed by atoms with Gasteiger partial charge in [0.2, 0.25) is 5.91 Å². The van der Waals surface area contributed by atoms with Gasteiger partial charge in [0, 0.05) is 11.7 Å². The summed E-state index contributed by atoms with van der Waals surface area (Å²) in [5, 5.41) is 0. The number of rotatable bonds is 3. The maximum atomic E-state index is 13.2. The number of amides is 2. The van der Waals surface area contributed by atoms with Crippen LogP contribution in [-0.2, 0) is 16.0 Å². The highest BCUT2D eigenvalue weighted by atomic mass is 16.5. The van der Waals surface area contributed by atoms with Gasteiger partial charge in [-0.2, -0.15) is 0 Å². The van der Waals surface area contributed by atoms with Gasteiger partial charge in [-0.05, 0) is 43.5 Å². The number of nitrogens with two attached hydrogens (primary N) is 1. The Balaban J connectivity index is 1.62. The molecule has 0 bridgehead atoms. The first kappa shape index (κ1) is 17.4. The van der Waals surface area contributed by atoms with Gasteiger partial charge in [0.25, 0.3) is 5.91 Å². The van der Waals surface area contributed by atoms with E-state index in [0.29, 0.717) is 11.4 Å². The monoisotopic (exact) mass is 365 g/mol. The first-order chi connectivity index (χ1) is 13.0. The topological polar surface area (TPSA) is 75.9 Å². The molecule has 6 heteroatoms. The van der Waals surface area contributed by atoms with Crippen LogP contribution < -0.4 is 20.3 Å². The van der Waals surface area contributed by atoms with Gasteiger partial charge in [0.05, 0.1) is 18.8 Å². The second-order valence-electron chi connectivity index (χ2n) is 7.13. The van der Waals surface area contributed by atoms with E-state index in [1.54, 1.807) is 11.0 Å². The number of hydrogen-bond acceptors (Lipinski definition) is 4. The number of fused-ring (bicyclic) bond motifs is 2. The van der Waals surface area contributed by atoms with E-state index in [1.807, 2.05) is 30.3 Å². The van der Waals surface area contributed by atoms with E-state index >= 15 is 0 Å². The summed E-state index contributed by atoms with van der Waals surface area (Å²) in [7, 11) is 0. The highest BCUT2D eigenvalue weighted by molar-refractivity contribution is 5.99. The molecule has 2 aliphatic rings. The van der Waals surface area contributed by atoms with Crippen molar-refractivity contribution in [2.24, 2.45) is 5.73 Å². The maximum Gasteiger partial charge on any atom is 0.260 e. The van der Waals surface area contributed by atoms with Crippen molar-refractivity contribution in [2.75, 3.05) is 22.9 Å². The van der Waals surface area contributed by atoms with E-state index < -0.39 is 12.0 Å². The van der Waals surface area contributed by atoms with Crippen molar-refractivity contribution in [3.8, 4) is 5.75 Å². The van der Waals surface area contributed by atoms with E-state index in [0.717, 1.165) is 18.5 Å². The van der Waals surface area contributed by atoms with Gasteiger partial charge in [-0.1, -0.05) is 30.3 Å². The highest BCUT2D eigenvalue weighted by Gasteiger charge is 2.34. The smallest absolute Gasteiger partial charge is 0.260 e. The lowest BCUT2D eigenvalue weighted by molar-refractivity contribution is -0.125. The van der Waals surface area contributed by atoms with Crippen molar-refractivity contribution in [3.63, 3.8) is 0 Å². The zero-order valence-corrected chi connectivity index (χ0v) is 15.3. The van der Waals surface area contributed by atoms with Gasteiger partial charge in [0.1, 0.15) is 5.75 Å². The SMILES string of the molecule is C[C@H]1CCc2ccccc2N1CC(=O)N1C[C@H](C(N)=O)Oc2ccccc21. The lowest BCUT2D eigenvalue weighted by Crippen LogP contribution is -2.53. The number of benzene rings is 2. The van der Waals surface area contributed by atoms with Gasteiger partial charge in [-0.3, -0.25) is 9.59 Å². The fourth-order valence-electron chi connectivity index (χ4n) is 3.85. The molecular weight excluding hydrogens is 342 g/mol. The maximum absolute atomic E-state index is 13.2. The lowest BCUT2D eigenvalue weighted by atomic mass is 9.96. The summed E-state index contributed by atoms with van der Waals surface area (Å²) in [5.74, 6) is -0.132.